The lowest BCUT2D eigenvalue weighted by molar-refractivity contribution is -0.112. The molecule has 0 fully saturated rings. The molecule has 3 rings (SSSR count). The van der Waals surface area contributed by atoms with Crippen molar-refractivity contribution in [2.45, 2.75) is 6.04 Å². The number of ketones is 1. The van der Waals surface area contributed by atoms with Crippen LogP contribution in [0.25, 0.3) is 0 Å². The normalized spacial score (nSPS) is 11.0. The first-order valence-corrected chi connectivity index (χ1v) is 11.5. The Balaban J connectivity index is 0.000000269. The highest BCUT2D eigenvalue weighted by molar-refractivity contribution is 7.96. The first-order chi connectivity index (χ1) is 16.5. The molecule has 0 aliphatic heterocycles. The second-order valence-corrected chi connectivity index (χ2v) is 8.65. The zero-order valence-electron chi connectivity index (χ0n) is 17.5. The molecular weight excluding hydrogens is 558 g/mol. The Labute approximate surface area is 225 Å². The average molecular weight is 574 g/mol. The number of amides is 2. The molecule has 35 heavy (non-hydrogen) atoms. The summed E-state index contributed by atoms with van der Waals surface area (Å²) in [5, 5.41) is 10.2. The number of carboxylic acids is 1. The molecule has 0 aliphatic carbocycles. The van der Waals surface area contributed by atoms with E-state index in [0.717, 1.165) is 0 Å². The first kappa shape index (κ1) is 28.5. The molecule has 0 saturated heterocycles. The van der Waals surface area contributed by atoms with Gasteiger partial charge in [-0.15, -0.1) is 12.6 Å². The van der Waals surface area contributed by atoms with E-state index in [-0.39, 0.29) is 31.2 Å². The fourth-order valence-electron chi connectivity index (χ4n) is 2.85. The summed E-state index contributed by atoms with van der Waals surface area (Å²) in [4.78, 5) is 45.6. The van der Waals surface area contributed by atoms with Gasteiger partial charge in [0, 0.05) is 5.56 Å². The van der Waals surface area contributed by atoms with Crippen LogP contribution in [0.1, 0.15) is 37.9 Å². The summed E-state index contributed by atoms with van der Waals surface area (Å²) in [6, 6.07) is 15.3. The van der Waals surface area contributed by atoms with Crippen molar-refractivity contribution in [2.24, 2.45) is 5.73 Å². The van der Waals surface area contributed by atoms with Gasteiger partial charge in [0.2, 0.25) is 5.12 Å². The minimum atomic E-state index is -1.42. The van der Waals surface area contributed by atoms with E-state index in [2.05, 4.69) is 17.9 Å². The van der Waals surface area contributed by atoms with Gasteiger partial charge < -0.3 is 16.2 Å². The van der Waals surface area contributed by atoms with Gasteiger partial charge in [-0.1, -0.05) is 107 Å². The van der Waals surface area contributed by atoms with Gasteiger partial charge in [-0.25, -0.2) is 9.59 Å². The average Bonchev–Trinajstić information content (AvgIpc) is 2.84. The standard InChI is InChI=1S/C14H6Cl4O3.C9H10N2O2S/c15-9-7(13(19)6-4-2-1-3-5-6)8(14(20)21)10(16)12(18)11(9)17;10-9(13)11-7(8(12)14)6-4-2-1-3-5-6/h1-5H,(H,20,21);1-5,7H,(H,12,14)(H3,10,11,13). The number of primary amides is 1. The predicted molar refractivity (Wildman–Crippen MR) is 139 cm³/mol. The van der Waals surface area contributed by atoms with Crippen LogP contribution >= 0.6 is 59.0 Å². The van der Waals surface area contributed by atoms with Gasteiger partial charge in [0.15, 0.2) is 5.78 Å². The van der Waals surface area contributed by atoms with Gasteiger partial charge in [0.25, 0.3) is 0 Å². The number of aromatic carboxylic acids is 1. The van der Waals surface area contributed by atoms with Gasteiger partial charge in [0.1, 0.15) is 6.04 Å². The van der Waals surface area contributed by atoms with E-state index in [4.69, 9.17) is 52.1 Å². The maximum Gasteiger partial charge on any atom is 0.338 e. The van der Waals surface area contributed by atoms with Crippen molar-refractivity contribution in [3.05, 3.63) is 103 Å². The number of halogens is 4. The molecule has 182 valence electrons. The van der Waals surface area contributed by atoms with Crippen molar-refractivity contribution < 1.29 is 24.3 Å². The molecule has 3 aromatic rings. The van der Waals surface area contributed by atoms with Gasteiger partial charge in [-0.3, -0.25) is 9.59 Å². The number of hydrogen-bond donors (Lipinski definition) is 4. The van der Waals surface area contributed by atoms with Crippen LogP contribution in [0.2, 0.25) is 20.1 Å². The highest BCUT2D eigenvalue weighted by Gasteiger charge is 2.29. The number of carboxylic acid groups (broad SMARTS) is 1. The minimum Gasteiger partial charge on any atom is -0.478 e. The smallest absolute Gasteiger partial charge is 0.338 e. The van der Waals surface area contributed by atoms with Gasteiger partial charge >= 0.3 is 12.0 Å². The van der Waals surface area contributed by atoms with Crippen LogP contribution in [0.4, 0.5) is 4.79 Å². The molecule has 3 aromatic carbocycles. The second-order valence-electron chi connectivity index (χ2n) is 6.70. The summed E-state index contributed by atoms with van der Waals surface area (Å²) in [7, 11) is 0. The molecule has 0 aromatic heterocycles. The molecule has 0 saturated carbocycles. The molecule has 0 radical (unpaired) electrons. The summed E-state index contributed by atoms with van der Waals surface area (Å²) in [5.41, 5.74) is 5.10. The monoisotopic (exact) mass is 572 g/mol. The number of carbonyl (C=O) groups excluding carboxylic acids is 3. The summed E-state index contributed by atoms with van der Waals surface area (Å²) in [5.74, 6) is -2.02. The van der Waals surface area contributed by atoms with Crippen molar-refractivity contribution in [1.29, 1.82) is 0 Å². The van der Waals surface area contributed by atoms with Crippen molar-refractivity contribution in [3.63, 3.8) is 0 Å². The highest BCUT2D eigenvalue weighted by atomic mass is 35.5. The molecule has 0 heterocycles. The highest BCUT2D eigenvalue weighted by Crippen LogP contribution is 2.42. The maximum absolute atomic E-state index is 12.5. The van der Waals surface area contributed by atoms with Crippen LogP contribution in [0.5, 0.6) is 0 Å². The van der Waals surface area contributed by atoms with Crippen LogP contribution in [-0.2, 0) is 4.79 Å². The molecular formula is C23H16Cl4N2O5S. The van der Waals surface area contributed by atoms with E-state index in [1.807, 2.05) is 6.07 Å². The molecule has 0 spiro atoms. The molecule has 1 atom stereocenters. The van der Waals surface area contributed by atoms with E-state index >= 15 is 0 Å². The third-order valence-corrected chi connectivity index (χ3v) is 6.47. The van der Waals surface area contributed by atoms with Gasteiger partial charge in [-0.2, -0.15) is 0 Å². The Bertz CT molecular complexity index is 1270. The number of rotatable bonds is 6. The molecule has 4 N–H and O–H groups in total. The second kappa shape index (κ2) is 12.8. The Morgan fingerprint density at radius 1 is 0.771 bits per heavy atom. The first-order valence-electron chi connectivity index (χ1n) is 9.50. The molecule has 7 nitrogen and oxygen atoms in total. The summed E-state index contributed by atoms with van der Waals surface area (Å²) in [6.45, 7) is 0. The van der Waals surface area contributed by atoms with Crippen LogP contribution in [0.15, 0.2) is 60.7 Å². The fraction of sp³-hybridized carbons (Fsp3) is 0.0435. The third-order valence-electron chi connectivity index (χ3n) is 4.41. The summed E-state index contributed by atoms with van der Waals surface area (Å²) >= 11 is 27.3. The van der Waals surface area contributed by atoms with E-state index < -0.39 is 34.5 Å². The van der Waals surface area contributed by atoms with Crippen LogP contribution in [0, 0.1) is 0 Å². The molecule has 0 aliphatic rings. The minimum absolute atomic E-state index is 0.160. The van der Waals surface area contributed by atoms with E-state index in [9.17, 15) is 24.3 Å². The quantitative estimate of drug-likeness (QED) is 0.123. The van der Waals surface area contributed by atoms with Crippen LogP contribution in [0.3, 0.4) is 0 Å². The third kappa shape index (κ3) is 7.13. The lowest BCUT2D eigenvalue weighted by Gasteiger charge is -2.13. The number of nitrogens with one attached hydrogen (secondary N) is 1. The lowest BCUT2D eigenvalue weighted by Crippen LogP contribution is -2.35. The zero-order valence-corrected chi connectivity index (χ0v) is 21.4. The number of hydrogen-bond acceptors (Lipinski definition) is 4. The lowest BCUT2D eigenvalue weighted by atomic mass is 9.98. The van der Waals surface area contributed by atoms with Crippen LogP contribution < -0.4 is 11.1 Å². The topological polar surface area (TPSA) is 127 Å². The van der Waals surface area contributed by atoms with Crippen molar-refractivity contribution in [2.75, 3.05) is 0 Å². The zero-order chi connectivity index (χ0) is 26.3. The Kier molecular flexibility index (Phi) is 10.4. The fourth-order valence-corrected chi connectivity index (χ4v) is 4.09. The molecule has 12 heteroatoms. The summed E-state index contributed by atoms with van der Waals surface area (Å²) < 4.78 is 0. The van der Waals surface area contributed by atoms with Gasteiger partial charge in [0.05, 0.1) is 31.2 Å². The number of urea groups is 1. The predicted octanol–water partition coefficient (Wildman–Crippen LogP) is 6.08. The van der Waals surface area contributed by atoms with Crippen molar-refractivity contribution in [1.82, 2.24) is 5.32 Å². The van der Waals surface area contributed by atoms with E-state index in [1.165, 1.54) is 12.1 Å². The number of carbonyl (C=O) groups is 4. The maximum atomic E-state index is 12.5. The van der Waals surface area contributed by atoms with Crippen LogP contribution in [-0.4, -0.2) is 28.0 Å². The number of benzene rings is 3. The Morgan fingerprint density at radius 3 is 1.66 bits per heavy atom. The largest absolute Gasteiger partial charge is 0.478 e. The molecule has 0 bridgehead atoms. The molecule has 2 amide bonds. The van der Waals surface area contributed by atoms with E-state index in [0.29, 0.717) is 5.56 Å². The van der Waals surface area contributed by atoms with Crippen molar-refractivity contribution >= 4 is 81.9 Å². The SMILES string of the molecule is NC(=O)NC(C(=O)S)c1ccccc1.O=C(O)c1c(Cl)c(Cl)c(Cl)c(Cl)c1C(=O)c1ccccc1. The number of thiol groups is 1. The Hall–Kier alpha value is -2.75. The summed E-state index contributed by atoms with van der Waals surface area (Å²) in [6.07, 6.45) is 0. The number of nitrogens with two attached hydrogens (primary N) is 1. The van der Waals surface area contributed by atoms with E-state index in [1.54, 1.807) is 42.5 Å². The van der Waals surface area contributed by atoms with Crippen molar-refractivity contribution in [3.8, 4) is 0 Å². The Morgan fingerprint density at radius 2 is 1.23 bits per heavy atom. The van der Waals surface area contributed by atoms with Gasteiger partial charge in [-0.05, 0) is 5.56 Å². The molecule has 1 unspecified atom stereocenters.